The molecule has 0 unspecified atom stereocenters. The van der Waals surface area contributed by atoms with Crippen molar-refractivity contribution in [2.75, 3.05) is 5.32 Å². The molecular weight excluding hydrogens is 354 g/mol. The molecule has 1 amide bonds. The highest BCUT2D eigenvalue weighted by Crippen LogP contribution is 2.26. The highest BCUT2D eigenvalue weighted by molar-refractivity contribution is 7.24. The first-order valence-corrected chi connectivity index (χ1v) is 8.84. The zero-order valence-electron chi connectivity index (χ0n) is 13.0. The second-order valence-electron chi connectivity index (χ2n) is 5.60. The number of anilines is 1. The standard InChI is InChI=1S/C20H12ClNO2S/c21-13-7-5-12(6-8-13)20(24)22-14-9-10-18-16(11-14)19(23)15-3-1-2-4-17(15)25-18/h1-11H,(H,22,24). The Balaban J connectivity index is 1.74. The van der Waals surface area contributed by atoms with Crippen molar-refractivity contribution in [2.45, 2.75) is 0 Å². The Labute approximate surface area is 152 Å². The van der Waals surface area contributed by atoms with Crippen molar-refractivity contribution in [1.82, 2.24) is 0 Å². The Bertz CT molecular complexity index is 1170. The zero-order valence-corrected chi connectivity index (χ0v) is 14.5. The molecule has 1 heterocycles. The first-order valence-electron chi connectivity index (χ1n) is 7.64. The van der Waals surface area contributed by atoms with Crippen molar-refractivity contribution >= 4 is 54.7 Å². The second-order valence-corrected chi connectivity index (χ2v) is 7.12. The molecule has 0 aliphatic rings. The number of nitrogens with one attached hydrogen (secondary N) is 1. The predicted molar refractivity (Wildman–Crippen MR) is 105 cm³/mol. The average molecular weight is 366 g/mol. The van der Waals surface area contributed by atoms with Crippen LogP contribution in [0.3, 0.4) is 0 Å². The van der Waals surface area contributed by atoms with Gasteiger partial charge < -0.3 is 5.32 Å². The third kappa shape index (κ3) is 3.02. The molecule has 1 aromatic heterocycles. The molecule has 0 fully saturated rings. The summed E-state index contributed by atoms with van der Waals surface area (Å²) in [6.45, 7) is 0. The van der Waals surface area contributed by atoms with Gasteiger partial charge in [-0.2, -0.15) is 0 Å². The summed E-state index contributed by atoms with van der Waals surface area (Å²) in [5, 5.41) is 4.71. The summed E-state index contributed by atoms with van der Waals surface area (Å²) in [4.78, 5) is 25.0. The second kappa shape index (κ2) is 6.31. The number of hydrogen-bond donors (Lipinski definition) is 1. The van der Waals surface area contributed by atoms with E-state index >= 15 is 0 Å². The Morgan fingerprint density at radius 3 is 2.40 bits per heavy atom. The topological polar surface area (TPSA) is 46.2 Å². The Morgan fingerprint density at radius 1 is 0.880 bits per heavy atom. The summed E-state index contributed by atoms with van der Waals surface area (Å²) >= 11 is 7.41. The number of hydrogen-bond acceptors (Lipinski definition) is 3. The van der Waals surface area contributed by atoms with Gasteiger partial charge in [-0.3, -0.25) is 9.59 Å². The quantitative estimate of drug-likeness (QED) is 0.488. The van der Waals surface area contributed by atoms with E-state index in [2.05, 4.69) is 5.32 Å². The van der Waals surface area contributed by atoms with Gasteiger partial charge >= 0.3 is 0 Å². The van der Waals surface area contributed by atoms with Crippen molar-refractivity contribution in [2.24, 2.45) is 0 Å². The lowest BCUT2D eigenvalue weighted by Gasteiger charge is -2.07. The van der Waals surface area contributed by atoms with Crippen LogP contribution in [-0.2, 0) is 0 Å². The highest BCUT2D eigenvalue weighted by atomic mass is 35.5. The van der Waals surface area contributed by atoms with Gasteiger partial charge in [0.1, 0.15) is 0 Å². The van der Waals surface area contributed by atoms with Crippen molar-refractivity contribution in [3.63, 3.8) is 0 Å². The SMILES string of the molecule is O=C(Nc1ccc2sc3ccccc3c(=O)c2c1)c1ccc(Cl)cc1. The Kier molecular flexibility index (Phi) is 3.99. The van der Waals surface area contributed by atoms with Crippen molar-refractivity contribution in [3.05, 3.63) is 87.5 Å². The minimum atomic E-state index is -0.243. The van der Waals surface area contributed by atoms with Crippen LogP contribution in [0.2, 0.25) is 5.02 Å². The molecule has 3 nitrogen and oxygen atoms in total. The molecule has 3 aromatic carbocycles. The van der Waals surface area contributed by atoms with Crippen molar-refractivity contribution < 1.29 is 4.79 Å². The summed E-state index contributed by atoms with van der Waals surface area (Å²) in [5.41, 5.74) is 1.08. The minimum absolute atomic E-state index is 0.0214. The van der Waals surface area contributed by atoms with E-state index < -0.39 is 0 Å². The van der Waals surface area contributed by atoms with Gasteiger partial charge in [-0.1, -0.05) is 23.7 Å². The summed E-state index contributed by atoms with van der Waals surface area (Å²) in [5.74, 6) is -0.243. The molecule has 25 heavy (non-hydrogen) atoms. The maximum Gasteiger partial charge on any atom is 0.255 e. The van der Waals surface area contributed by atoms with E-state index in [-0.39, 0.29) is 11.3 Å². The van der Waals surface area contributed by atoms with Gasteiger partial charge in [0.15, 0.2) is 5.43 Å². The first kappa shape index (κ1) is 15.8. The smallest absolute Gasteiger partial charge is 0.255 e. The van der Waals surface area contributed by atoms with E-state index in [1.807, 2.05) is 30.3 Å². The molecule has 4 rings (SSSR count). The van der Waals surface area contributed by atoms with Crippen LogP contribution in [0, 0.1) is 0 Å². The van der Waals surface area contributed by atoms with E-state index in [9.17, 15) is 9.59 Å². The molecule has 0 spiro atoms. The third-order valence-corrected chi connectivity index (χ3v) is 5.34. The summed E-state index contributed by atoms with van der Waals surface area (Å²) < 4.78 is 1.85. The van der Waals surface area contributed by atoms with Gasteiger partial charge in [-0.15, -0.1) is 11.3 Å². The van der Waals surface area contributed by atoms with E-state index in [4.69, 9.17) is 11.6 Å². The normalized spacial score (nSPS) is 10.9. The highest BCUT2D eigenvalue weighted by Gasteiger charge is 2.09. The lowest BCUT2D eigenvalue weighted by Crippen LogP contribution is -2.12. The van der Waals surface area contributed by atoms with Crippen LogP contribution < -0.4 is 10.7 Å². The Morgan fingerprint density at radius 2 is 1.60 bits per heavy atom. The van der Waals surface area contributed by atoms with Crippen LogP contribution in [0.4, 0.5) is 5.69 Å². The number of carbonyl (C=O) groups is 1. The van der Waals surface area contributed by atoms with Crippen LogP contribution in [-0.4, -0.2) is 5.91 Å². The van der Waals surface area contributed by atoms with Crippen LogP contribution >= 0.6 is 22.9 Å². The molecule has 0 aliphatic carbocycles. The number of benzene rings is 3. The van der Waals surface area contributed by atoms with Crippen LogP contribution in [0.5, 0.6) is 0 Å². The first-order chi connectivity index (χ1) is 12.1. The molecule has 0 atom stereocenters. The van der Waals surface area contributed by atoms with E-state index in [1.54, 1.807) is 47.7 Å². The molecule has 0 aliphatic heterocycles. The molecule has 0 saturated carbocycles. The van der Waals surface area contributed by atoms with Crippen LogP contribution in [0.15, 0.2) is 71.5 Å². The molecule has 0 bridgehead atoms. The fourth-order valence-corrected chi connectivity index (χ4v) is 3.86. The summed E-state index contributed by atoms with van der Waals surface area (Å²) in [6.07, 6.45) is 0. The zero-order chi connectivity index (χ0) is 17.4. The minimum Gasteiger partial charge on any atom is -0.322 e. The van der Waals surface area contributed by atoms with Gasteiger partial charge in [0.2, 0.25) is 0 Å². The third-order valence-electron chi connectivity index (χ3n) is 3.94. The van der Waals surface area contributed by atoms with Gasteiger partial charge in [0.05, 0.1) is 0 Å². The lowest BCUT2D eigenvalue weighted by atomic mass is 10.1. The number of rotatable bonds is 2. The van der Waals surface area contributed by atoms with Gasteiger partial charge in [0, 0.05) is 36.4 Å². The van der Waals surface area contributed by atoms with Crippen LogP contribution in [0.1, 0.15) is 10.4 Å². The molecule has 122 valence electrons. The number of carbonyl (C=O) groups excluding carboxylic acids is 1. The van der Waals surface area contributed by atoms with Gasteiger partial charge in [-0.05, 0) is 54.6 Å². The van der Waals surface area contributed by atoms with Crippen LogP contribution in [0.25, 0.3) is 20.2 Å². The molecule has 5 heteroatoms. The molecule has 0 radical (unpaired) electrons. The molecular formula is C20H12ClNO2S. The Hall–Kier alpha value is -2.69. The van der Waals surface area contributed by atoms with Gasteiger partial charge in [0.25, 0.3) is 5.91 Å². The number of halogens is 1. The fourth-order valence-electron chi connectivity index (χ4n) is 2.69. The average Bonchev–Trinajstić information content (AvgIpc) is 2.63. The molecule has 4 aromatic rings. The van der Waals surface area contributed by atoms with E-state index in [0.717, 1.165) is 9.40 Å². The van der Waals surface area contributed by atoms with E-state index in [0.29, 0.717) is 27.0 Å². The monoisotopic (exact) mass is 365 g/mol. The van der Waals surface area contributed by atoms with E-state index in [1.165, 1.54) is 0 Å². The van der Waals surface area contributed by atoms with Crippen molar-refractivity contribution in [3.8, 4) is 0 Å². The largest absolute Gasteiger partial charge is 0.322 e. The van der Waals surface area contributed by atoms with Gasteiger partial charge in [-0.25, -0.2) is 0 Å². The maximum absolute atomic E-state index is 12.7. The number of amides is 1. The maximum atomic E-state index is 12.7. The summed E-state index contributed by atoms with van der Waals surface area (Å²) in [6, 6.07) is 19.6. The van der Waals surface area contributed by atoms with Crippen molar-refractivity contribution in [1.29, 1.82) is 0 Å². The lowest BCUT2D eigenvalue weighted by molar-refractivity contribution is 0.102. The predicted octanol–water partition coefficient (Wildman–Crippen LogP) is 5.32. The molecule has 0 saturated heterocycles. The molecule has 1 N–H and O–H groups in total. The summed E-state index contributed by atoms with van der Waals surface area (Å²) in [7, 11) is 0. The number of fused-ring (bicyclic) bond motifs is 2. The fraction of sp³-hybridized carbons (Fsp3) is 0.